The first-order valence-corrected chi connectivity index (χ1v) is 7.26. The second kappa shape index (κ2) is 5.65. The summed E-state index contributed by atoms with van der Waals surface area (Å²) in [6.45, 7) is 5.24. The highest BCUT2D eigenvalue weighted by molar-refractivity contribution is 9.10. The van der Waals surface area contributed by atoms with E-state index in [9.17, 15) is 0 Å². The SMILES string of the molecule is CC(C)c1ccc(CNc2nc(Br)cs2)cc1. The maximum atomic E-state index is 4.30. The summed E-state index contributed by atoms with van der Waals surface area (Å²) in [7, 11) is 0. The maximum absolute atomic E-state index is 4.30. The van der Waals surface area contributed by atoms with Gasteiger partial charge in [0.05, 0.1) is 0 Å². The molecule has 1 aromatic carbocycles. The van der Waals surface area contributed by atoms with E-state index in [-0.39, 0.29) is 0 Å². The van der Waals surface area contributed by atoms with Gasteiger partial charge in [0.15, 0.2) is 5.13 Å². The number of benzene rings is 1. The lowest BCUT2D eigenvalue weighted by molar-refractivity contribution is 0.865. The van der Waals surface area contributed by atoms with E-state index in [1.807, 2.05) is 5.38 Å². The minimum absolute atomic E-state index is 0.590. The van der Waals surface area contributed by atoms with Crippen LogP contribution in [0.3, 0.4) is 0 Å². The Bertz CT molecular complexity index is 476. The summed E-state index contributed by atoms with van der Waals surface area (Å²) in [5, 5.41) is 6.23. The van der Waals surface area contributed by atoms with Gasteiger partial charge < -0.3 is 5.32 Å². The van der Waals surface area contributed by atoms with Gasteiger partial charge in [0, 0.05) is 11.9 Å². The smallest absolute Gasteiger partial charge is 0.184 e. The Morgan fingerprint density at radius 1 is 1.29 bits per heavy atom. The normalized spacial score (nSPS) is 10.8. The molecule has 0 atom stereocenters. The summed E-state index contributed by atoms with van der Waals surface area (Å²) >= 11 is 4.95. The summed E-state index contributed by atoms with van der Waals surface area (Å²) in [6.07, 6.45) is 0. The first-order valence-electron chi connectivity index (χ1n) is 5.59. The van der Waals surface area contributed by atoms with Crippen molar-refractivity contribution in [3.05, 3.63) is 45.4 Å². The summed E-state index contributed by atoms with van der Waals surface area (Å²) in [5.74, 6) is 0.590. The van der Waals surface area contributed by atoms with E-state index < -0.39 is 0 Å². The average molecular weight is 311 g/mol. The van der Waals surface area contributed by atoms with Gasteiger partial charge in [-0.05, 0) is 33.0 Å². The Kier molecular flexibility index (Phi) is 4.18. The van der Waals surface area contributed by atoms with Gasteiger partial charge in [-0.3, -0.25) is 0 Å². The van der Waals surface area contributed by atoms with Crippen LogP contribution >= 0.6 is 27.3 Å². The van der Waals surface area contributed by atoms with Gasteiger partial charge >= 0.3 is 0 Å². The third-order valence-corrected chi connectivity index (χ3v) is 4.08. The van der Waals surface area contributed by atoms with E-state index in [1.165, 1.54) is 11.1 Å². The monoisotopic (exact) mass is 310 g/mol. The molecule has 0 spiro atoms. The van der Waals surface area contributed by atoms with E-state index in [2.05, 4.69) is 64.3 Å². The molecule has 0 radical (unpaired) electrons. The predicted molar refractivity (Wildman–Crippen MR) is 77.7 cm³/mol. The number of aromatic nitrogens is 1. The van der Waals surface area contributed by atoms with E-state index in [4.69, 9.17) is 0 Å². The van der Waals surface area contributed by atoms with Crippen LogP contribution in [-0.2, 0) is 6.54 Å². The molecule has 2 rings (SSSR count). The van der Waals surface area contributed by atoms with Gasteiger partial charge in [-0.1, -0.05) is 38.1 Å². The standard InChI is InChI=1S/C13H15BrN2S/c1-9(2)11-5-3-10(4-6-11)7-15-13-16-12(14)8-17-13/h3-6,8-9H,7H2,1-2H3,(H,15,16). The van der Waals surface area contributed by atoms with Crippen molar-refractivity contribution in [1.82, 2.24) is 4.98 Å². The largest absolute Gasteiger partial charge is 0.357 e. The molecule has 90 valence electrons. The van der Waals surface area contributed by atoms with Gasteiger partial charge in [-0.2, -0.15) is 0 Å². The molecule has 1 N–H and O–H groups in total. The highest BCUT2D eigenvalue weighted by Crippen LogP contribution is 2.20. The molecule has 2 aromatic rings. The second-order valence-electron chi connectivity index (χ2n) is 4.23. The van der Waals surface area contributed by atoms with Gasteiger partial charge in [-0.25, -0.2) is 4.98 Å². The first-order chi connectivity index (χ1) is 8.15. The Hall–Kier alpha value is -0.870. The van der Waals surface area contributed by atoms with E-state index in [0.29, 0.717) is 5.92 Å². The third-order valence-electron chi connectivity index (χ3n) is 2.57. The number of thiazole rings is 1. The van der Waals surface area contributed by atoms with Gasteiger partial charge in [0.2, 0.25) is 0 Å². The molecule has 1 heterocycles. The molecule has 0 aliphatic rings. The minimum Gasteiger partial charge on any atom is -0.357 e. The number of nitrogens with zero attached hydrogens (tertiary/aromatic N) is 1. The lowest BCUT2D eigenvalue weighted by Crippen LogP contribution is -1.99. The average Bonchev–Trinajstić information content (AvgIpc) is 2.73. The Morgan fingerprint density at radius 3 is 2.53 bits per heavy atom. The highest BCUT2D eigenvalue weighted by atomic mass is 79.9. The molecule has 0 unspecified atom stereocenters. The molecule has 0 amide bonds. The van der Waals surface area contributed by atoms with Crippen LogP contribution in [0, 0.1) is 0 Å². The number of anilines is 1. The van der Waals surface area contributed by atoms with Crippen molar-refractivity contribution in [2.24, 2.45) is 0 Å². The minimum atomic E-state index is 0.590. The maximum Gasteiger partial charge on any atom is 0.184 e. The molecule has 0 bridgehead atoms. The lowest BCUT2D eigenvalue weighted by Gasteiger charge is -2.07. The molecule has 0 aliphatic carbocycles. The van der Waals surface area contributed by atoms with Crippen LogP contribution in [0.4, 0.5) is 5.13 Å². The summed E-state index contributed by atoms with van der Waals surface area (Å²) in [4.78, 5) is 4.30. The van der Waals surface area contributed by atoms with Gasteiger partial charge in [0.1, 0.15) is 4.60 Å². The molecule has 1 aromatic heterocycles. The van der Waals surface area contributed by atoms with Gasteiger partial charge in [-0.15, -0.1) is 11.3 Å². The zero-order chi connectivity index (χ0) is 12.3. The molecule has 4 heteroatoms. The van der Waals surface area contributed by atoms with Crippen molar-refractivity contribution in [1.29, 1.82) is 0 Å². The molecule has 0 aliphatic heterocycles. The number of nitrogens with one attached hydrogen (secondary N) is 1. The van der Waals surface area contributed by atoms with Crippen molar-refractivity contribution in [3.63, 3.8) is 0 Å². The predicted octanol–water partition coefficient (Wildman–Crippen LogP) is 4.64. The summed E-state index contributed by atoms with van der Waals surface area (Å²) < 4.78 is 0.889. The van der Waals surface area contributed by atoms with Crippen LogP contribution in [0.1, 0.15) is 30.9 Å². The number of hydrogen-bond donors (Lipinski definition) is 1. The highest BCUT2D eigenvalue weighted by Gasteiger charge is 2.01. The van der Waals surface area contributed by atoms with Crippen LogP contribution in [0.15, 0.2) is 34.2 Å². The Balaban J connectivity index is 1.95. The molecule has 0 saturated heterocycles. The van der Waals surface area contributed by atoms with E-state index in [0.717, 1.165) is 16.3 Å². The van der Waals surface area contributed by atoms with Crippen LogP contribution in [0.25, 0.3) is 0 Å². The second-order valence-corrected chi connectivity index (χ2v) is 5.90. The van der Waals surface area contributed by atoms with Gasteiger partial charge in [0.25, 0.3) is 0 Å². The van der Waals surface area contributed by atoms with Crippen molar-refractivity contribution in [2.45, 2.75) is 26.3 Å². The van der Waals surface area contributed by atoms with E-state index in [1.54, 1.807) is 11.3 Å². The van der Waals surface area contributed by atoms with Crippen molar-refractivity contribution < 1.29 is 0 Å². The zero-order valence-electron chi connectivity index (χ0n) is 9.90. The lowest BCUT2D eigenvalue weighted by atomic mass is 10.0. The molecule has 17 heavy (non-hydrogen) atoms. The quantitative estimate of drug-likeness (QED) is 0.889. The number of halogens is 1. The van der Waals surface area contributed by atoms with Crippen LogP contribution in [0.5, 0.6) is 0 Å². The fraction of sp³-hybridized carbons (Fsp3) is 0.308. The van der Waals surface area contributed by atoms with Crippen molar-refractivity contribution in [3.8, 4) is 0 Å². The summed E-state index contributed by atoms with van der Waals surface area (Å²) in [6, 6.07) is 8.73. The molecule has 0 saturated carbocycles. The Morgan fingerprint density at radius 2 is 2.00 bits per heavy atom. The zero-order valence-corrected chi connectivity index (χ0v) is 12.3. The first kappa shape index (κ1) is 12.6. The number of rotatable bonds is 4. The van der Waals surface area contributed by atoms with Crippen LogP contribution < -0.4 is 5.32 Å². The van der Waals surface area contributed by atoms with E-state index >= 15 is 0 Å². The fourth-order valence-corrected chi connectivity index (χ4v) is 2.68. The topological polar surface area (TPSA) is 24.9 Å². The molecular formula is C13H15BrN2S. The van der Waals surface area contributed by atoms with Crippen LogP contribution in [0.2, 0.25) is 0 Å². The molecular weight excluding hydrogens is 296 g/mol. The summed E-state index contributed by atoms with van der Waals surface area (Å²) in [5.41, 5.74) is 2.66. The van der Waals surface area contributed by atoms with Crippen molar-refractivity contribution >= 4 is 32.4 Å². The third kappa shape index (κ3) is 3.54. The molecule has 0 fully saturated rings. The fourth-order valence-electron chi connectivity index (χ4n) is 1.53. The van der Waals surface area contributed by atoms with Crippen molar-refractivity contribution in [2.75, 3.05) is 5.32 Å². The molecule has 2 nitrogen and oxygen atoms in total. The van der Waals surface area contributed by atoms with Crippen LogP contribution in [-0.4, -0.2) is 4.98 Å². The Labute approximate surface area is 114 Å². The number of hydrogen-bond acceptors (Lipinski definition) is 3.